The molecule has 0 amide bonds. The molecule has 8 aliphatic carbocycles. The van der Waals surface area contributed by atoms with Crippen LogP contribution in [0.15, 0.2) is 11.1 Å². The second-order valence-corrected chi connectivity index (χ2v) is 17.2. The zero-order valence-electron chi connectivity index (χ0n) is 28.4. The molecule has 0 aromatic heterocycles. The molecule has 0 spiro atoms. The lowest BCUT2D eigenvalue weighted by molar-refractivity contribution is 0.00518. The molecule has 0 aromatic carbocycles. The Labute approximate surface area is 257 Å². The highest BCUT2D eigenvalue weighted by Crippen LogP contribution is 2.63. The number of allylic oxidation sites excluding steroid dienone is 2. The van der Waals surface area contributed by atoms with Crippen LogP contribution in [0.3, 0.4) is 0 Å². The summed E-state index contributed by atoms with van der Waals surface area (Å²) >= 11 is 0. The van der Waals surface area contributed by atoms with Crippen LogP contribution in [0.2, 0.25) is 0 Å². The largest absolute Gasteiger partial charge is 0.0683 e. The molecule has 0 heteroatoms. The molecular formula is C41H70. The average Bonchev–Trinajstić information content (AvgIpc) is 3.01. The van der Waals surface area contributed by atoms with E-state index in [0.717, 1.165) is 76.9 Å². The molecule has 234 valence electrons. The van der Waals surface area contributed by atoms with Crippen molar-refractivity contribution in [3.05, 3.63) is 11.1 Å². The summed E-state index contributed by atoms with van der Waals surface area (Å²) in [7, 11) is 0. The van der Waals surface area contributed by atoms with Crippen LogP contribution in [-0.2, 0) is 0 Å². The van der Waals surface area contributed by atoms with Crippen molar-refractivity contribution in [2.45, 2.75) is 169 Å². The fourth-order valence-corrected chi connectivity index (χ4v) is 13.2. The van der Waals surface area contributed by atoms with Crippen molar-refractivity contribution >= 4 is 0 Å². The predicted octanol–water partition coefficient (Wildman–Crippen LogP) is 12.7. The Bertz CT molecular complexity index is 865. The molecule has 0 N–H and O–H groups in total. The van der Waals surface area contributed by atoms with Crippen molar-refractivity contribution in [3.63, 3.8) is 0 Å². The first kappa shape index (κ1) is 30.8. The minimum atomic E-state index is 0.987. The van der Waals surface area contributed by atoms with Gasteiger partial charge >= 0.3 is 0 Å². The van der Waals surface area contributed by atoms with Gasteiger partial charge in [0.15, 0.2) is 0 Å². The summed E-state index contributed by atoms with van der Waals surface area (Å²) in [6, 6.07) is 0. The molecule has 41 heavy (non-hydrogen) atoms. The van der Waals surface area contributed by atoms with E-state index in [1.165, 1.54) is 51.4 Å². The van der Waals surface area contributed by atoms with Crippen LogP contribution < -0.4 is 0 Å². The monoisotopic (exact) mass is 563 g/mol. The van der Waals surface area contributed by atoms with Gasteiger partial charge in [0, 0.05) is 0 Å². The molecule has 6 fully saturated rings. The second kappa shape index (κ2) is 13.8. The van der Waals surface area contributed by atoms with Gasteiger partial charge in [-0.1, -0.05) is 104 Å². The maximum Gasteiger partial charge on any atom is -0.0138 e. The summed E-state index contributed by atoms with van der Waals surface area (Å²) in [6.45, 7) is 11.6. The van der Waals surface area contributed by atoms with Gasteiger partial charge in [-0.15, -0.1) is 0 Å². The summed E-state index contributed by atoms with van der Waals surface area (Å²) in [5, 5.41) is 0. The number of rotatable bonds is 0. The lowest BCUT2D eigenvalue weighted by Crippen LogP contribution is -2.49. The van der Waals surface area contributed by atoms with Gasteiger partial charge in [-0.25, -0.2) is 0 Å². The molecule has 0 radical (unpaired) electrons. The lowest BCUT2D eigenvalue weighted by atomic mass is 9.46. The third kappa shape index (κ3) is 6.31. The van der Waals surface area contributed by atoms with E-state index in [9.17, 15) is 0 Å². The van der Waals surface area contributed by atoms with Gasteiger partial charge in [-0.3, -0.25) is 0 Å². The number of hydrogen-bond donors (Lipinski definition) is 0. The van der Waals surface area contributed by atoms with Crippen molar-refractivity contribution in [1.29, 1.82) is 0 Å². The first-order valence-electron chi connectivity index (χ1n) is 19.8. The minimum Gasteiger partial charge on any atom is -0.0683 e. The fourth-order valence-electron chi connectivity index (χ4n) is 13.2. The van der Waals surface area contributed by atoms with Gasteiger partial charge in [0.1, 0.15) is 0 Å². The lowest BCUT2D eigenvalue weighted by Gasteiger charge is -2.59. The summed E-state index contributed by atoms with van der Waals surface area (Å²) in [6.07, 6.45) is 32.5. The Morgan fingerprint density at radius 3 is 1.78 bits per heavy atom. The number of hydrogen-bond acceptors (Lipinski definition) is 0. The van der Waals surface area contributed by atoms with Crippen molar-refractivity contribution in [3.8, 4) is 0 Å². The molecule has 0 heterocycles. The highest BCUT2D eigenvalue weighted by molar-refractivity contribution is 5.33. The quantitative estimate of drug-likeness (QED) is 0.258. The molecule has 0 aliphatic heterocycles. The van der Waals surface area contributed by atoms with Gasteiger partial charge in [-0.05, 0) is 154 Å². The van der Waals surface area contributed by atoms with Crippen molar-refractivity contribution in [1.82, 2.24) is 0 Å². The van der Waals surface area contributed by atoms with Crippen molar-refractivity contribution in [2.24, 2.45) is 76.9 Å². The maximum atomic E-state index is 2.58. The highest BCUT2D eigenvalue weighted by Gasteiger charge is 2.53. The summed E-state index contributed by atoms with van der Waals surface area (Å²) < 4.78 is 0. The minimum absolute atomic E-state index is 0.987. The van der Waals surface area contributed by atoms with E-state index < -0.39 is 0 Å². The zero-order valence-corrected chi connectivity index (χ0v) is 28.4. The summed E-state index contributed by atoms with van der Waals surface area (Å²) in [5.41, 5.74) is 4.26. The average molecular weight is 563 g/mol. The van der Waals surface area contributed by atoms with Gasteiger partial charge in [0.25, 0.3) is 0 Å². The maximum absolute atomic E-state index is 2.58. The van der Waals surface area contributed by atoms with Crippen LogP contribution in [0, 0.1) is 76.9 Å². The van der Waals surface area contributed by atoms with Crippen LogP contribution in [-0.4, -0.2) is 0 Å². The molecule has 8 aliphatic rings. The molecular weight excluding hydrogens is 492 g/mol. The second-order valence-electron chi connectivity index (χ2n) is 17.2. The van der Waals surface area contributed by atoms with Crippen LogP contribution in [0.5, 0.6) is 0 Å². The molecule has 8 rings (SSSR count). The van der Waals surface area contributed by atoms with E-state index in [-0.39, 0.29) is 0 Å². The Balaban J connectivity index is 0.000000195. The van der Waals surface area contributed by atoms with Crippen molar-refractivity contribution in [2.75, 3.05) is 0 Å². The topological polar surface area (TPSA) is 0 Å². The van der Waals surface area contributed by atoms with E-state index in [1.807, 2.05) is 13.8 Å². The van der Waals surface area contributed by atoms with Crippen LogP contribution in [0.4, 0.5) is 0 Å². The van der Waals surface area contributed by atoms with E-state index in [1.54, 1.807) is 83.5 Å². The first-order valence-corrected chi connectivity index (χ1v) is 19.8. The van der Waals surface area contributed by atoms with Gasteiger partial charge in [0.05, 0.1) is 0 Å². The van der Waals surface area contributed by atoms with Gasteiger partial charge in [0.2, 0.25) is 0 Å². The summed E-state index contributed by atoms with van der Waals surface area (Å²) in [4.78, 5) is 0. The van der Waals surface area contributed by atoms with Crippen molar-refractivity contribution < 1.29 is 0 Å². The third-order valence-corrected chi connectivity index (χ3v) is 14.9. The van der Waals surface area contributed by atoms with E-state index in [2.05, 4.69) is 31.9 Å². The van der Waals surface area contributed by atoms with Crippen LogP contribution in [0.25, 0.3) is 0 Å². The third-order valence-electron chi connectivity index (χ3n) is 14.9. The van der Waals surface area contributed by atoms with Gasteiger partial charge < -0.3 is 0 Å². The molecule has 13 unspecified atom stereocenters. The zero-order chi connectivity index (χ0) is 28.5. The number of fused-ring (bicyclic) bond motifs is 10. The fraction of sp³-hybridized carbons (Fsp3) is 0.951. The SMILES string of the molecule is CC.CC1CCC2C(CCC3CCC4=C(C5CC(C)CCC5C5CCCCC45)C32)C1.CC1CCC2CCCCC2C1. The Morgan fingerprint density at radius 1 is 0.415 bits per heavy atom. The molecule has 0 aromatic rings. The molecule has 13 atom stereocenters. The molecule has 0 nitrogen and oxygen atoms in total. The molecule has 0 saturated heterocycles. The molecule has 6 saturated carbocycles. The normalized spacial score (nSPS) is 48.7. The van der Waals surface area contributed by atoms with E-state index in [4.69, 9.17) is 0 Å². The van der Waals surface area contributed by atoms with Crippen LogP contribution >= 0.6 is 0 Å². The first-order chi connectivity index (χ1) is 20.1. The Hall–Kier alpha value is -0.260. The van der Waals surface area contributed by atoms with Gasteiger partial charge in [-0.2, -0.15) is 0 Å². The highest BCUT2D eigenvalue weighted by atomic mass is 14.6. The smallest absolute Gasteiger partial charge is 0.0138 e. The standard InChI is InChI=1S/C28H44.C11H20.C2H6/c1-17-7-12-21-20(15-17)10-9-19-11-14-25-23-6-4-3-5-22(23)24-13-8-18(2)16-26(24)28(25)27(19)21;1-9-6-7-10-4-2-3-5-11(10)8-9;1-2/h17-24,26-27H,3-16H2,1-2H3;9-11H,2-8H2,1H3;1-2H3. The predicted molar refractivity (Wildman–Crippen MR) is 178 cm³/mol. The van der Waals surface area contributed by atoms with Crippen LogP contribution in [0.1, 0.15) is 169 Å². The van der Waals surface area contributed by atoms with E-state index in [0.29, 0.717) is 0 Å². The Kier molecular flexibility index (Phi) is 10.4. The van der Waals surface area contributed by atoms with E-state index >= 15 is 0 Å². The molecule has 0 bridgehead atoms. The Morgan fingerprint density at radius 2 is 0.976 bits per heavy atom. The summed E-state index contributed by atoms with van der Waals surface area (Å²) in [5.74, 6) is 13.8.